The lowest BCUT2D eigenvalue weighted by molar-refractivity contribution is 0.973. The van der Waals surface area contributed by atoms with E-state index in [1.807, 2.05) is 126 Å². The first kappa shape index (κ1) is 29.4. The molecule has 6 nitrogen and oxygen atoms in total. The van der Waals surface area contributed by atoms with Crippen molar-refractivity contribution < 1.29 is 0 Å². The molecule has 4 aromatic rings. The molecule has 0 amide bonds. The van der Waals surface area contributed by atoms with E-state index in [9.17, 15) is 0 Å². The molecule has 190 valence electrons. The van der Waals surface area contributed by atoms with Crippen LogP contribution >= 0.6 is 31.9 Å². The van der Waals surface area contributed by atoms with Crippen molar-refractivity contribution in [3.63, 3.8) is 0 Å². The van der Waals surface area contributed by atoms with E-state index in [0.29, 0.717) is 0 Å². The first-order valence-electron chi connectivity index (χ1n) is 11.7. The van der Waals surface area contributed by atoms with Gasteiger partial charge in [-0.05, 0) is 45.7 Å². The molecule has 0 saturated heterocycles. The highest BCUT2D eigenvalue weighted by Crippen LogP contribution is 2.30. The van der Waals surface area contributed by atoms with Gasteiger partial charge in [-0.1, -0.05) is 74.5 Å². The quantitative estimate of drug-likeness (QED) is 0.236. The first-order valence-corrected chi connectivity index (χ1v) is 13.3. The lowest BCUT2D eigenvalue weighted by atomic mass is 10.1. The summed E-state index contributed by atoms with van der Waals surface area (Å²) in [6, 6.07) is 20.2. The number of benzene rings is 2. The molecule has 0 aliphatic heterocycles. The summed E-state index contributed by atoms with van der Waals surface area (Å²) in [5, 5.41) is 0. The van der Waals surface area contributed by atoms with Gasteiger partial charge in [0.1, 0.15) is 0 Å². The maximum Gasteiger partial charge on any atom is 0.225 e. The minimum absolute atomic E-state index is 0.726. The number of anilines is 2. The topological polar surface area (TPSA) is 58.0 Å². The number of halogens is 2. The number of hydrogen-bond acceptors (Lipinski definition) is 6. The van der Waals surface area contributed by atoms with Crippen molar-refractivity contribution in [2.24, 2.45) is 0 Å². The third-order valence-electron chi connectivity index (χ3n) is 4.90. The Morgan fingerprint density at radius 3 is 1.11 bits per heavy atom. The molecule has 0 N–H and O–H groups in total. The van der Waals surface area contributed by atoms with E-state index >= 15 is 0 Å². The van der Waals surface area contributed by atoms with Crippen LogP contribution in [-0.2, 0) is 0 Å². The monoisotopic (exact) mass is 612 g/mol. The van der Waals surface area contributed by atoms with E-state index in [0.717, 1.165) is 54.7 Å². The summed E-state index contributed by atoms with van der Waals surface area (Å²) in [7, 11) is 7.77. The van der Waals surface area contributed by atoms with Gasteiger partial charge in [0.15, 0.2) is 0 Å². The van der Waals surface area contributed by atoms with Crippen molar-refractivity contribution >= 4 is 43.8 Å². The van der Waals surface area contributed by atoms with E-state index in [2.05, 4.69) is 51.8 Å². The number of hydrogen-bond donors (Lipinski definition) is 0. The smallest absolute Gasteiger partial charge is 0.225 e. The van der Waals surface area contributed by atoms with Gasteiger partial charge in [0.25, 0.3) is 0 Å². The first-order chi connectivity index (χ1) is 17.2. The molecule has 0 atom stereocenters. The Labute approximate surface area is 232 Å². The maximum absolute atomic E-state index is 4.57. The van der Waals surface area contributed by atoms with Crippen molar-refractivity contribution in [3.05, 3.63) is 81.0 Å². The Morgan fingerprint density at radius 1 is 0.528 bits per heavy atom. The van der Waals surface area contributed by atoms with E-state index in [1.54, 1.807) is 0 Å². The van der Waals surface area contributed by atoms with Gasteiger partial charge in [-0.25, -0.2) is 19.9 Å². The lowest BCUT2D eigenvalue weighted by Gasteiger charge is -2.14. The molecule has 0 bridgehead atoms. The summed E-state index contributed by atoms with van der Waals surface area (Å²) >= 11 is 7.11. The molecule has 4 rings (SSSR count). The van der Waals surface area contributed by atoms with Crippen molar-refractivity contribution in [1.29, 1.82) is 0 Å². The molecule has 36 heavy (non-hydrogen) atoms. The number of aromatic nitrogens is 4. The van der Waals surface area contributed by atoms with Crippen LogP contribution in [0, 0.1) is 13.8 Å². The predicted molar refractivity (Wildman–Crippen MR) is 160 cm³/mol. The molecule has 0 aliphatic carbocycles. The van der Waals surface area contributed by atoms with Crippen LogP contribution in [0.25, 0.3) is 22.5 Å². The minimum Gasteiger partial charge on any atom is -0.347 e. The summed E-state index contributed by atoms with van der Waals surface area (Å²) in [6.45, 7) is 7.95. The highest BCUT2D eigenvalue weighted by atomic mass is 79.9. The highest BCUT2D eigenvalue weighted by Gasteiger charge is 2.13. The summed E-state index contributed by atoms with van der Waals surface area (Å²) in [4.78, 5) is 21.8. The Bertz CT molecular complexity index is 1150. The van der Waals surface area contributed by atoms with Gasteiger partial charge in [-0.15, -0.1) is 0 Å². The fourth-order valence-corrected chi connectivity index (χ4v) is 3.88. The highest BCUT2D eigenvalue weighted by molar-refractivity contribution is 9.11. The van der Waals surface area contributed by atoms with Gasteiger partial charge >= 0.3 is 0 Å². The zero-order valence-electron chi connectivity index (χ0n) is 22.2. The Balaban J connectivity index is 0.000000237. The van der Waals surface area contributed by atoms with Crippen LogP contribution in [0.15, 0.2) is 69.6 Å². The van der Waals surface area contributed by atoms with Crippen LogP contribution in [0.2, 0.25) is 0 Å². The predicted octanol–water partition coefficient (Wildman–Crippen LogP) is 7.59. The van der Waals surface area contributed by atoms with Crippen molar-refractivity contribution in [3.8, 4) is 22.5 Å². The lowest BCUT2D eigenvalue weighted by Crippen LogP contribution is -2.14. The van der Waals surface area contributed by atoms with Crippen molar-refractivity contribution in [2.75, 3.05) is 38.0 Å². The number of rotatable bonds is 4. The third-order valence-corrected chi connectivity index (χ3v) is 6.80. The summed E-state index contributed by atoms with van der Waals surface area (Å²) in [5.41, 5.74) is 5.94. The summed E-state index contributed by atoms with van der Waals surface area (Å²) < 4.78 is 1.91. The van der Waals surface area contributed by atoms with Crippen LogP contribution in [0.3, 0.4) is 0 Å². The molecular weight excluding hydrogens is 580 g/mol. The van der Waals surface area contributed by atoms with E-state index in [1.165, 1.54) is 0 Å². The average Bonchev–Trinajstić information content (AvgIpc) is 2.89. The van der Waals surface area contributed by atoms with Crippen LogP contribution in [-0.4, -0.2) is 48.1 Å². The van der Waals surface area contributed by atoms with Gasteiger partial charge < -0.3 is 9.80 Å². The molecule has 0 fully saturated rings. The largest absolute Gasteiger partial charge is 0.347 e. The van der Waals surface area contributed by atoms with Gasteiger partial charge in [0.05, 0.1) is 31.7 Å². The van der Waals surface area contributed by atoms with E-state index in [4.69, 9.17) is 0 Å². The SMILES string of the molecule is CC.Cc1nc(N(C)C)nc(-c2ccccc2)c1Br.Cc1nc(N(C)C)nc(-c2ccccc2)c1Br. The molecule has 0 saturated carbocycles. The molecule has 0 unspecified atom stereocenters. The molecule has 0 aliphatic rings. The van der Waals surface area contributed by atoms with E-state index < -0.39 is 0 Å². The molecule has 2 aromatic heterocycles. The Kier molecular flexibility index (Phi) is 11.5. The fraction of sp³-hybridized carbons (Fsp3) is 0.286. The molecule has 0 spiro atoms. The summed E-state index contributed by atoms with van der Waals surface area (Å²) in [6.07, 6.45) is 0. The van der Waals surface area contributed by atoms with Crippen LogP contribution in [0.1, 0.15) is 25.2 Å². The van der Waals surface area contributed by atoms with Gasteiger partial charge in [-0.2, -0.15) is 0 Å². The number of aryl methyl sites for hydroxylation is 2. The van der Waals surface area contributed by atoms with Crippen LogP contribution in [0.5, 0.6) is 0 Å². The van der Waals surface area contributed by atoms with Gasteiger partial charge in [0, 0.05) is 39.3 Å². The zero-order chi connectivity index (χ0) is 26.8. The average molecular weight is 614 g/mol. The second kappa shape index (κ2) is 14.0. The molecule has 8 heteroatoms. The number of nitrogens with zero attached hydrogens (tertiary/aromatic N) is 6. The Morgan fingerprint density at radius 2 is 0.833 bits per heavy atom. The van der Waals surface area contributed by atoms with Crippen molar-refractivity contribution in [1.82, 2.24) is 19.9 Å². The Hall–Kier alpha value is -2.84. The second-order valence-corrected chi connectivity index (χ2v) is 9.65. The zero-order valence-corrected chi connectivity index (χ0v) is 25.4. The van der Waals surface area contributed by atoms with Gasteiger partial charge in [-0.3, -0.25) is 0 Å². The molecule has 2 heterocycles. The molecular formula is C28H34Br2N6. The van der Waals surface area contributed by atoms with Crippen molar-refractivity contribution in [2.45, 2.75) is 27.7 Å². The van der Waals surface area contributed by atoms with E-state index in [-0.39, 0.29) is 0 Å². The van der Waals surface area contributed by atoms with Crippen LogP contribution < -0.4 is 9.80 Å². The van der Waals surface area contributed by atoms with Crippen LogP contribution in [0.4, 0.5) is 11.9 Å². The normalized spacial score (nSPS) is 9.94. The standard InChI is InChI=1S/2C13H14BrN3.C2H6/c2*1-9-11(14)12(10-7-5-4-6-8-10)16-13(15-9)17(2)3;1-2/h2*4-8H,1-3H3;1-2H3. The molecule has 2 aromatic carbocycles. The second-order valence-electron chi connectivity index (χ2n) is 8.06. The fourth-order valence-electron chi connectivity index (χ4n) is 3.06. The minimum atomic E-state index is 0.726. The molecule has 0 radical (unpaired) electrons. The summed E-state index contributed by atoms with van der Waals surface area (Å²) in [5.74, 6) is 1.45. The van der Waals surface area contributed by atoms with Gasteiger partial charge in [0.2, 0.25) is 11.9 Å². The maximum atomic E-state index is 4.57. The third kappa shape index (κ3) is 7.58.